The van der Waals surface area contributed by atoms with Crippen LogP contribution in [0.25, 0.3) is 17.0 Å². The van der Waals surface area contributed by atoms with Gasteiger partial charge >= 0.3 is 6.18 Å². The summed E-state index contributed by atoms with van der Waals surface area (Å²) in [6.45, 7) is 1.16. The third-order valence-corrected chi connectivity index (χ3v) is 8.54. The van der Waals surface area contributed by atoms with Crippen LogP contribution in [0, 0.1) is 24.4 Å². The topological polar surface area (TPSA) is 137 Å². The number of nitrogens with zero attached hydrogens (tertiary/aromatic N) is 4. The quantitative estimate of drug-likeness (QED) is 0.103. The molecule has 2 fully saturated rings. The molecular formula is C33H28ClF6N5O5. The fourth-order valence-corrected chi connectivity index (χ4v) is 6.15. The maximum Gasteiger partial charge on any atom is 0.418 e. The van der Waals surface area contributed by atoms with Crippen LogP contribution in [0.1, 0.15) is 34.4 Å². The van der Waals surface area contributed by atoms with Gasteiger partial charge in [0.15, 0.2) is 23.3 Å². The van der Waals surface area contributed by atoms with E-state index >= 15 is 0 Å². The first kappa shape index (κ1) is 35.3. The highest BCUT2D eigenvalue weighted by Crippen LogP contribution is 2.41. The number of halogens is 7. The fraction of sp³-hybridized carbons (Fsp3) is 0.303. The molecule has 0 radical (unpaired) electrons. The molecule has 2 saturated heterocycles. The van der Waals surface area contributed by atoms with Crippen molar-refractivity contribution in [2.75, 3.05) is 13.7 Å². The summed E-state index contributed by atoms with van der Waals surface area (Å²) in [5.74, 6) is -4.71. The summed E-state index contributed by atoms with van der Waals surface area (Å²) in [6, 6.07) is 9.36. The Balaban J connectivity index is 1.48. The largest absolute Gasteiger partial charge is 0.496 e. The lowest BCUT2D eigenvalue weighted by Crippen LogP contribution is -2.54. The summed E-state index contributed by atoms with van der Waals surface area (Å²) in [6.07, 6.45) is -10.5. The Morgan fingerprint density at radius 1 is 1.08 bits per heavy atom. The fourth-order valence-electron chi connectivity index (χ4n) is 5.99. The van der Waals surface area contributed by atoms with E-state index in [1.165, 1.54) is 14.0 Å². The zero-order valence-electron chi connectivity index (χ0n) is 26.1. The molecule has 2 aliphatic rings. The van der Waals surface area contributed by atoms with Crippen molar-refractivity contribution >= 4 is 29.1 Å². The van der Waals surface area contributed by atoms with Crippen LogP contribution in [-0.4, -0.2) is 75.4 Å². The number of ether oxygens (including phenoxy) is 3. The molecule has 6 rings (SSSR count). The van der Waals surface area contributed by atoms with Crippen molar-refractivity contribution in [3.8, 4) is 11.4 Å². The molecule has 3 heterocycles. The van der Waals surface area contributed by atoms with Gasteiger partial charge in [-0.3, -0.25) is 4.99 Å². The number of benzene rings is 3. The maximum atomic E-state index is 14.5. The molecule has 6 atom stereocenters. The molecule has 4 unspecified atom stereocenters. The second-order valence-electron chi connectivity index (χ2n) is 11.5. The standard InChI is InChI=1S/C33H28ClF6N5O5/c1-14-43-32(45(44-14)22-11-16(34)7-8-19(22)33(38,39)40)31-28(47)27(30-29(50-31)23(46)13-49-30)42-12-18(15-9-20(35)25(37)21(36)10-15)26(41)17-5-3-4-6-24(17)48-2/h3-12,23,27-31,46-47H,13,41H2,1-2H3/b26-18+,42-12?/t23?,27?,28?,29?,30-,31-/m1/s1. The maximum absolute atomic E-state index is 14.5. The number of rotatable bonds is 7. The van der Waals surface area contributed by atoms with Crippen LogP contribution < -0.4 is 10.5 Å². The Bertz CT molecular complexity index is 1970. The molecule has 4 aromatic rings. The van der Waals surface area contributed by atoms with Gasteiger partial charge in [0.1, 0.15) is 48.1 Å². The Morgan fingerprint density at radius 3 is 2.46 bits per heavy atom. The van der Waals surface area contributed by atoms with E-state index in [2.05, 4.69) is 15.1 Å². The highest BCUT2D eigenvalue weighted by atomic mass is 35.5. The highest BCUT2D eigenvalue weighted by molar-refractivity contribution is 6.30. The number of allylic oxidation sites excluding steroid dienone is 1. The number of hydrogen-bond acceptors (Lipinski definition) is 9. The minimum atomic E-state index is -4.83. The third kappa shape index (κ3) is 6.56. The van der Waals surface area contributed by atoms with E-state index in [0.717, 1.165) is 29.1 Å². The number of aliphatic imine (C=N–C) groups is 1. The van der Waals surface area contributed by atoms with Crippen molar-refractivity contribution < 1.29 is 50.8 Å². The lowest BCUT2D eigenvalue weighted by Gasteiger charge is -2.40. The molecular weight excluding hydrogens is 696 g/mol. The number of aliphatic hydroxyl groups excluding tert-OH is 2. The van der Waals surface area contributed by atoms with Crippen LogP contribution in [0.2, 0.25) is 5.02 Å². The van der Waals surface area contributed by atoms with Crippen LogP contribution in [-0.2, 0) is 15.7 Å². The van der Waals surface area contributed by atoms with Gasteiger partial charge in [-0.2, -0.15) is 18.3 Å². The number of para-hydroxylation sites is 1. The smallest absolute Gasteiger partial charge is 0.418 e. The molecule has 264 valence electrons. The molecule has 3 aromatic carbocycles. The number of nitrogens with two attached hydrogens (primary N) is 1. The van der Waals surface area contributed by atoms with Gasteiger partial charge < -0.3 is 30.2 Å². The molecule has 10 nitrogen and oxygen atoms in total. The molecule has 17 heteroatoms. The molecule has 0 spiro atoms. The number of aromatic nitrogens is 3. The minimum absolute atomic E-state index is 0.0180. The second-order valence-corrected chi connectivity index (χ2v) is 12.0. The molecule has 1 aromatic heterocycles. The third-order valence-electron chi connectivity index (χ3n) is 8.31. The summed E-state index contributed by atoms with van der Waals surface area (Å²) in [5, 5.41) is 26.6. The van der Waals surface area contributed by atoms with Crippen LogP contribution in [0.5, 0.6) is 5.75 Å². The van der Waals surface area contributed by atoms with Crippen molar-refractivity contribution in [3.05, 3.63) is 105 Å². The van der Waals surface area contributed by atoms with Crippen molar-refractivity contribution in [3.63, 3.8) is 0 Å². The second kappa shape index (κ2) is 13.7. The predicted octanol–water partition coefficient (Wildman–Crippen LogP) is 5.20. The van der Waals surface area contributed by atoms with Crippen molar-refractivity contribution in [2.24, 2.45) is 10.7 Å². The number of alkyl halides is 3. The van der Waals surface area contributed by atoms with Gasteiger partial charge in [-0.1, -0.05) is 23.7 Å². The Morgan fingerprint density at radius 2 is 1.78 bits per heavy atom. The van der Waals surface area contributed by atoms with Crippen LogP contribution in [0.4, 0.5) is 26.3 Å². The van der Waals surface area contributed by atoms with Crippen LogP contribution in [0.3, 0.4) is 0 Å². The lowest BCUT2D eigenvalue weighted by molar-refractivity contribution is -0.178. The normalized spacial score (nSPS) is 24.4. The van der Waals surface area contributed by atoms with Gasteiger partial charge in [-0.05, 0) is 55.0 Å². The summed E-state index contributed by atoms with van der Waals surface area (Å²) < 4.78 is 103. The van der Waals surface area contributed by atoms with E-state index in [4.69, 9.17) is 31.5 Å². The van der Waals surface area contributed by atoms with Crippen LogP contribution >= 0.6 is 11.6 Å². The van der Waals surface area contributed by atoms with Gasteiger partial charge in [0.25, 0.3) is 0 Å². The van der Waals surface area contributed by atoms with Gasteiger partial charge in [0.2, 0.25) is 0 Å². The molecule has 0 saturated carbocycles. The summed E-state index contributed by atoms with van der Waals surface area (Å²) in [5.41, 5.74) is 4.74. The Labute approximate surface area is 285 Å². The SMILES string of the molecule is COc1ccccc1/C(N)=C(/C=NC1C(O)[C@H](c2nc(C)nn2-c2cc(Cl)ccc2C(F)(F)F)OC2C(O)CO[C@H]12)c1cc(F)c(F)c(F)c1. The highest BCUT2D eigenvalue weighted by Gasteiger charge is 2.53. The first-order valence-electron chi connectivity index (χ1n) is 14.9. The van der Waals surface area contributed by atoms with E-state index in [-0.39, 0.29) is 51.4 Å². The van der Waals surface area contributed by atoms with Crippen molar-refractivity contribution in [1.82, 2.24) is 14.8 Å². The number of hydrogen-bond donors (Lipinski definition) is 3. The number of aryl methyl sites for hydroxylation is 1. The lowest BCUT2D eigenvalue weighted by atomic mass is 9.91. The van der Waals surface area contributed by atoms with Crippen molar-refractivity contribution in [1.29, 1.82) is 0 Å². The average molecular weight is 724 g/mol. The van der Waals surface area contributed by atoms with Gasteiger partial charge in [0.05, 0.1) is 30.7 Å². The van der Waals surface area contributed by atoms with E-state index in [0.29, 0.717) is 12.1 Å². The Kier molecular flexibility index (Phi) is 9.67. The number of aliphatic hydroxyl groups is 2. The van der Waals surface area contributed by atoms with E-state index in [1.54, 1.807) is 24.3 Å². The number of methoxy groups -OCH3 is 1. The molecule has 2 aliphatic heterocycles. The van der Waals surface area contributed by atoms with E-state index in [9.17, 15) is 36.6 Å². The monoisotopic (exact) mass is 723 g/mol. The number of fused-ring (bicyclic) bond motifs is 1. The van der Waals surface area contributed by atoms with E-state index in [1.807, 2.05) is 0 Å². The predicted molar refractivity (Wildman–Crippen MR) is 168 cm³/mol. The van der Waals surface area contributed by atoms with Crippen LogP contribution in [0.15, 0.2) is 59.6 Å². The van der Waals surface area contributed by atoms with Gasteiger partial charge in [0, 0.05) is 22.4 Å². The first-order chi connectivity index (χ1) is 23.7. The summed E-state index contributed by atoms with van der Waals surface area (Å²) >= 11 is 6.08. The molecule has 0 amide bonds. The molecule has 50 heavy (non-hydrogen) atoms. The van der Waals surface area contributed by atoms with Gasteiger partial charge in [-0.15, -0.1) is 0 Å². The summed E-state index contributed by atoms with van der Waals surface area (Å²) in [7, 11) is 1.38. The van der Waals surface area contributed by atoms with Crippen molar-refractivity contribution in [2.45, 2.75) is 49.7 Å². The zero-order chi connectivity index (χ0) is 36.1. The molecule has 0 bridgehead atoms. The molecule has 0 aliphatic carbocycles. The first-order valence-corrected chi connectivity index (χ1v) is 15.3. The summed E-state index contributed by atoms with van der Waals surface area (Å²) in [4.78, 5) is 8.76. The molecule has 4 N–H and O–H groups in total. The Hall–Kier alpha value is -4.48. The van der Waals surface area contributed by atoms with Gasteiger partial charge in [-0.25, -0.2) is 22.8 Å². The average Bonchev–Trinajstić information content (AvgIpc) is 3.64. The zero-order valence-corrected chi connectivity index (χ0v) is 26.8. The van der Waals surface area contributed by atoms with E-state index < -0.39 is 71.4 Å². The minimum Gasteiger partial charge on any atom is -0.496 e.